The van der Waals surface area contributed by atoms with Crippen LogP contribution in [0.1, 0.15) is 51.7 Å². The standard InChI is InChI=1S/C31H46N2O9Si/c1-7-39-28(36)27(35)26(34)25(19-14-20-42-43(5,6)31(2,3)4)33(30(38)41-22-24-17-12-9-13-18-24)32-29(37)40-21-23-15-10-8-11-16-23/h8-13,15-18,25-27,34-35H,7,14,19-22H2,1-6H3,(H,32,37)/t25-,26-,27+/m1/s1. The van der Waals surface area contributed by atoms with Gasteiger partial charge in [0.05, 0.1) is 12.6 Å². The van der Waals surface area contributed by atoms with Crippen LogP contribution in [0.5, 0.6) is 0 Å². The second-order valence-corrected chi connectivity index (χ2v) is 16.4. The topological polar surface area (TPSA) is 144 Å². The zero-order valence-electron chi connectivity index (χ0n) is 25.9. The molecule has 0 spiro atoms. The molecule has 12 heteroatoms. The average molecular weight is 619 g/mol. The quantitative estimate of drug-likeness (QED) is 0.0883. The van der Waals surface area contributed by atoms with Crippen LogP contribution in [0.4, 0.5) is 9.59 Å². The maximum Gasteiger partial charge on any atom is 0.429 e. The van der Waals surface area contributed by atoms with E-state index >= 15 is 0 Å². The van der Waals surface area contributed by atoms with Crippen molar-refractivity contribution in [3.8, 4) is 0 Å². The summed E-state index contributed by atoms with van der Waals surface area (Å²) in [7, 11) is -2.10. The van der Waals surface area contributed by atoms with Gasteiger partial charge in [0.2, 0.25) is 0 Å². The number of ether oxygens (including phenoxy) is 3. The van der Waals surface area contributed by atoms with Gasteiger partial charge in [-0.3, -0.25) is 0 Å². The maximum atomic E-state index is 13.4. The third-order valence-corrected chi connectivity index (χ3v) is 11.9. The number of amides is 2. The van der Waals surface area contributed by atoms with Crippen LogP contribution in [0.3, 0.4) is 0 Å². The summed E-state index contributed by atoms with van der Waals surface area (Å²) in [6, 6.07) is 16.5. The third kappa shape index (κ3) is 11.6. The Labute approximate surface area is 255 Å². The average Bonchev–Trinajstić information content (AvgIpc) is 2.97. The Bertz CT molecular complexity index is 1140. The molecule has 0 saturated carbocycles. The maximum absolute atomic E-state index is 13.4. The Kier molecular flexibility index (Phi) is 14.1. The van der Waals surface area contributed by atoms with Gasteiger partial charge in [-0.2, -0.15) is 0 Å². The largest absolute Gasteiger partial charge is 0.464 e. The summed E-state index contributed by atoms with van der Waals surface area (Å²) in [5, 5.41) is 22.5. The molecule has 2 aromatic rings. The molecule has 0 aliphatic rings. The molecule has 0 aromatic heterocycles. The smallest absolute Gasteiger partial charge is 0.429 e. The van der Waals surface area contributed by atoms with Gasteiger partial charge < -0.3 is 28.8 Å². The summed E-state index contributed by atoms with van der Waals surface area (Å²) in [5.74, 6) is -1.07. The minimum absolute atomic E-state index is 0.0273. The molecule has 2 rings (SSSR count). The lowest BCUT2D eigenvalue weighted by Crippen LogP contribution is -2.59. The fourth-order valence-electron chi connectivity index (χ4n) is 3.77. The molecule has 43 heavy (non-hydrogen) atoms. The van der Waals surface area contributed by atoms with Crippen LogP contribution in [0.25, 0.3) is 0 Å². The number of carbonyl (C=O) groups is 3. The fraction of sp³-hybridized carbons (Fsp3) is 0.516. The molecule has 3 N–H and O–H groups in total. The van der Waals surface area contributed by atoms with Gasteiger partial charge in [0.15, 0.2) is 14.4 Å². The van der Waals surface area contributed by atoms with Crippen LogP contribution in [0.15, 0.2) is 60.7 Å². The third-order valence-electron chi connectivity index (χ3n) is 7.32. The van der Waals surface area contributed by atoms with Gasteiger partial charge in [-0.15, -0.1) is 0 Å². The summed E-state index contributed by atoms with van der Waals surface area (Å²) in [6.45, 7) is 12.1. The fourth-order valence-corrected chi connectivity index (χ4v) is 4.86. The summed E-state index contributed by atoms with van der Waals surface area (Å²) in [6.07, 6.45) is -5.51. The van der Waals surface area contributed by atoms with E-state index in [-0.39, 0.29) is 31.3 Å². The summed E-state index contributed by atoms with van der Waals surface area (Å²) in [4.78, 5) is 38.6. The number of esters is 1. The predicted octanol–water partition coefficient (Wildman–Crippen LogP) is 4.92. The predicted molar refractivity (Wildman–Crippen MR) is 163 cm³/mol. The van der Waals surface area contributed by atoms with Crippen molar-refractivity contribution in [3.63, 3.8) is 0 Å². The van der Waals surface area contributed by atoms with Crippen LogP contribution in [-0.4, -0.2) is 73.2 Å². The number of carbonyl (C=O) groups excluding carboxylic acids is 3. The Hall–Kier alpha value is -3.45. The van der Waals surface area contributed by atoms with E-state index in [0.29, 0.717) is 24.2 Å². The van der Waals surface area contributed by atoms with Crippen molar-refractivity contribution in [3.05, 3.63) is 71.8 Å². The van der Waals surface area contributed by atoms with Crippen molar-refractivity contribution < 1.29 is 43.2 Å². The van der Waals surface area contributed by atoms with E-state index in [1.807, 2.05) is 12.1 Å². The number of hydrogen-bond acceptors (Lipinski definition) is 9. The van der Waals surface area contributed by atoms with E-state index in [9.17, 15) is 24.6 Å². The Morgan fingerprint density at radius 3 is 1.93 bits per heavy atom. The first-order valence-corrected chi connectivity index (χ1v) is 17.3. The Morgan fingerprint density at radius 1 is 0.884 bits per heavy atom. The van der Waals surface area contributed by atoms with E-state index in [0.717, 1.165) is 5.01 Å². The van der Waals surface area contributed by atoms with Gasteiger partial charge in [-0.05, 0) is 49.0 Å². The van der Waals surface area contributed by atoms with Gasteiger partial charge in [-0.1, -0.05) is 81.4 Å². The van der Waals surface area contributed by atoms with Crippen molar-refractivity contribution in [2.75, 3.05) is 13.2 Å². The molecule has 0 aliphatic heterocycles. The Morgan fingerprint density at radius 2 is 1.42 bits per heavy atom. The zero-order chi connectivity index (χ0) is 32.0. The molecular formula is C31H46N2O9Si. The van der Waals surface area contributed by atoms with E-state index in [1.54, 1.807) is 55.5 Å². The molecule has 0 saturated heterocycles. The van der Waals surface area contributed by atoms with Crippen molar-refractivity contribution in [2.45, 2.75) is 90.1 Å². The van der Waals surface area contributed by atoms with Gasteiger partial charge in [0.25, 0.3) is 0 Å². The lowest BCUT2D eigenvalue weighted by atomic mass is 10.00. The van der Waals surface area contributed by atoms with Crippen molar-refractivity contribution in [1.29, 1.82) is 0 Å². The molecule has 0 unspecified atom stereocenters. The number of hydrazine groups is 1. The van der Waals surface area contributed by atoms with Gasteiger partial charge in [0.1, 0.15) is 19.3 Å². The van der Waals surface area contributed by atoms with Gasteiger partial charge >= 0.3 is 18.2 Å². The molecule has 3 atom stereocenters. The monoisotopic (exact) mass is 618 g/mol. The van der Waals surface area contributed by atoms with Crippen LogP contribution in [-0.2, 0) is 36.6 Å². The lowest BCUT2D eigenvalue weighted by molar-refractivity contribution is -0.162. The summed E-state index contributed by atoms with van der Waals surface area (Å²) < 4.78 is 21.9. The molecule has 0 aliphatic carbocycles. The van der Waals surface area contributed by atoms with Gasteiger partial charge in [0, 0.05) is 6.61 Å². The number of nitrogens with zero attached hydrogens (tertiary/aromatic N) is 1. The molecule has 11 nitrogen and oxygen atoms in total. The molecule has 238 valence electrons. The van der Waals surface area contributed by atoms with Crippen LogP contribution in [0.2, 0.25) is 18.1 Å². The second kappa shape index (κ2) is 17.0. The first kappa shape index (κ1) is 35.7. The minimum atomic E-state index is -2.10. The van der Waals surface area contributed by atoms with E-state index in [1.165, 1.54) is 0 Å². The SMILES string of the molecule is CCOC(=O)[C@@H](O)[C@H](O)[C@@H](CCCO[Si](C)(C)C(C)(C)C)N(NC(=O)OCc1ccccc1)C(=O)OCc1ccccc1. The number of benzene rings is 2. The van der Waals surface area contributed by atoms with Crippen molar-refractivity contribution >= 4 is 26.5 Å². The minimum Gasteiger partial charge on any atom is -0.464 e. The van der Waals surface area contributed by atoms with E-state index in [4.69, 9.17) is 18.6 Å². The number of aliphatic hydroxyl groups is 2. The summed E-state index contributed by atoms with van der Waals surface area (Å²) >= 11 is 0. The highest BCUT2D eigenvalue weighted by atomic mass is 28.4. The van der Waals surface area contributed by atoms with Crippen LogP contribution >= 0.6 is 0 Å². The van der Waals surface area contributed by atoms with E-state index in [2.05, 4.69) is 39.3 Å². The highest BCUT2D eigenvalue weighted by molar-refractivity contribution is 6.74. The van der Waals surface area contributed by atoms with E-state index < -0.39 is 44.7 Å². The molecule has 0 fully saturated rings. The number of rotatable bonds is 14. The Balaban J connectivity index is 2.30. The molecule has 2 aromatic carbocycles. The highest BCUT2D eigenvalue weighted by Crippen LogP contribution is 2.36. The number of hydrogen-bond donors (Lipinski definition) is 3. The molecule has 0 radical (unpaired) electrons. The van der Waals surface area contributed by atoms with Crippen molar-refractivity contribution in [2.24, 2.45) is 0 Å². The molecular weight excluding hydrogens is 572 g/mol. The van der Waals surface area contributed by atoms with Crippen LogP contribution < -0.4 is 5.43 Å². The number of nitrogens with one attached hydrogen (secondary N) is 1. The van der Waals surface area contributed by atoms with Crippen LogP contribution in [0, 0.1) is 0 Å². The zero-order valence-corrected chi connectivity index (χ0v) is 26.9. The molecule has 0 heterocycles. The molecule has 2 amide bonds. The lowest BCUT2D eigenvalue weighted by Gasteiger charge is -2.37. The first-order valence-electron chi connectivity index (χ1n) is 14.4. The second-order valence-electron chi connectivity index (χ2n) is 11.6. The highest BCUT2D eigenvalue weighted by Gasteiger charge is 2.40. The normalized spacial score (nSPS) is 13.8. The number of aliphatic hydroxyl groups excluding tert-OH is 2. The summed E-state index contributed by atoms with van der Waals surface area (Å²) in [5.41, 5.74) is 3.76. The van der Waals surface area contributed by atoms with Crippen molar-refractivity contribution in [1.82, 2.24) is 10.4 Å². The van der Waals surface area contributed by atoms with Gasteiger partial charge in [-0.25, -0.2) is 24.8 Å². The molecule has 0 bridgehead atoms. The first-order chi connectivity index (χ1) is 20.3.